The molecule has 2 N–H and O–H groups in total. The van der Waals surface area contributed by atoms with Gasteiger partial charge in [0.2, 0.25) is 5.91 Å². The van der Waals surface area contributed by atoms with Crippen LogP contribution in [0.5, 0.6) is 0 Å². The normalized spacial score (nSPS) is 22.0. The van der Waals surface area contributed by atoms with Gasteiger partial charge in [-0.2, -0.15) is 9.97 Å². The van der Waals surface area contributed by atoms with E-state index < -0.39 is 23.9 Å². The van der Waals surface area contributed by atoms with Crippen LogP contribution in [0.4, 0.5) is 12.0 Å². The number of ether oxygens (including phenoxy) is 2. The van der Waals surface area contributed by atoms with Crippen LogP contribution in [0, 0.1) is 0 Å². The van der Waals surface area contributed by atoms with E-state index in [1.165, 1.54) is 33.5 Å². The van der Waals surface area contributed by atoms with Gasteiger partial charge < -0.3 is 38.5 Å². The summed E-state index contributed by atoms with van der Waals surface area (Å²) in [6, 6.07) is 11.0. The summed E-state index contributed by atoms with van der Waals surface area (Å²) in [6.07, 6.45) is 8.73. The average molecular weight is 747 g/mol. The van der Waals surface area contributed by atoms with Crippen molar-refractivity contribution in [1.29, 1.82) is 0 Å². The van der Waals surface area contributed by atoms with Crippen molar-refractivity contribution >= 4 is 58.0 Å². The molecule has 0 spiro atoms. The van der Waals surface area contributed by atoms with Crippen LogP contribution < -0.4 is 15.1 Å². The van der Waals surface area contributed by atoms with Crippen LogP contribution in [0.15, 0.2) is 45.2 Å². The molecule has 54 heavy (non-hydrogen) atoms. The molecule has 3 saturated heterocycles. The lowest BCUT2D eigenvalue weighted by Crippen LogP contribution is -2.52. The first kappa shape index (κ1) is 38.5. The molecule has 2 aromatic heterocycles. The van der Waals surface area contributed by atoms with Gasteiger partial charge in [-0.25, -0.2) is 14.4 Å². The zero-order valence-corrected chi connectivity index (χ0v) is 31.4. The number of nitrogens with zero attached hydrogens (tertiary/aromatic N) is 5. The molecule has 7 rings (SSSR count). The van der Waals surface area contributed by atoms with Gasteiger partial charge in [-0.1, -0.05) is 18.6 Å². The lowest BCUT2D eigenvalue weighted by molar-refractivity contribution is -0.139. The van der Waals surface area contributed by atoms with Crippen LogP contribution in [0.3, 0.4) is 0 Å². The minimum Gasteiger partial charge on any atom is -0.480 e. The van der Waals surface area contributed by atoms with E-state index in [0.717, 1.165) is 38.6 Å². The van der Waals surface area contributed by atoms with Crippen molar-refractivity contribution in [2.45, 2.75) is 95.8 Å². The van der Waals surface area contributed by atoms with E-state index in [4.69, 9.17) is 18.3 Å². The zero-order chi connectivity index (χ0) is 38.4. The van der Waals surface area contributed by atoms with Crippen molar-refractivity contribution < 1.29 is 42.6 Å². The first-order valence-electron chi connectivity index (χ1n) is 18.9. The Morgan fingerprint density at radius 3 is 1.74 bits per heavy atom. The van der Waals surface area contributed by atoms with Gasteiger partial charge in [-0.15, -0.1) is 0 Å². The number of aliphatic carboxylic acids is 1. The molecule has 0 aliphatic carbocycles. The third kappa shape index (κ3) is 8.30. The summed E-state index contributed by atoms with van der Waals surface area (Å²) < 4.78 is 21.3. The number of aromatic nitrogens is 2. The Balaban J connectivity index is 0.000000197. The Morgan fingerprint density at radius 2 is 1.24 bits per heavy atom. The number of esters is 2. The standard InChI is InChI=1S/C24H34N4O4.C15H16N2O5/c1-16-8-6-9-17(2)27(16)15-13-25-22(29)20-12-4-5-14-28(20)24-26-19-11-7-10-18(21(19)32-24)23(30)31-3;1-21-14(20)9-5-4-6-10-12(9)22-15(16-10)17-8-3-2-7-11(17)13(18)19/h7,10-11,16-17,20H,4-6,8-9,12-15H2,1-3H3,(H,25,29);4-6,11H,2-3,7-8H2,1H3,(H,18,19)/t16-,17+,20-;11-/m00/s1. The topological polar surface area (TPSA) is 181 Å². The van der Waals surface area contributed by atoms with Gasteiger partial charge in [0.25, 0.3) is 12.0 Å². The van der Waals surface area contributed by atoms with E-state index in [2.05, 4.69) is 34.0 Å². The predicted octanol–water partition coefficient (Wildman–Crippen LogP) is 5.41. The Morgan fingerprint density at radius 1 is 0.741 bits per heavy atom. The van der Waals surface area contributed by atoms with Crippen LogP contribution in [0.2, 0.25) is 0 Å². The van der Waals surface area contributed by atoms with Crippen molar-refractivity contribution in [2.75, 3.05) is 50.2 Å². The number of methoxy groups -OCH3 is 2. The number of oxazole rings is 2. The molecule has 4 atom stereocenters. The highest BCUT2D eigenvalue weighted by atomic mass is 16.5. The van der Waals surface area contributed by atoms with Crippen LogP contribution in [0.25, 0.3) is 22.2 Å². The number of carbonyl (C=O) groups excluding carboxylic acids is 3. The minimum absolute atomic E-state index is 0.0115. The Kier molecular flexibility index (Phi) is 12.4. The summed E-state index contributed by atoms with van der Waals surface area (Å²) in [5.41, 5.74) is 2.42. The summed E-state index contributed by atoms with van der Waals surface area (Å²) in [6.45, 7) is 7.31. The highest BCUT2D eigenvalue weighted by molar-refractivity contribution is 6.02. The SMILES string of the molecule is COC(=O)c1cccc2nc(N3CCCC[C@H]3C(=O)NCCN3[C@H](C)CCC[C@@H]3C)oc12.COC(=O)c1cccc2nc(N3CCCC[C@H]3C(=O)O)oc12. The molecule has 5 heterocycles. The number of nitrogens with one attached hydrogen (secondary N) is 1. The van der Waals surface area contributed by atoms with Gasteiger partial charge in [0.05, 0.1) is 14.2 Å². The van der Waals surface area contributed by atoms with Crippen LogP contribution >= 0.6 is 0 Å². The van der Waals surface area contributed by atoms with E-state index in [0.29, 0.717) is 71.9 Å². The molecule has 15 nitrogen and oxygen atoms in total. The second kappa shape index (κ2) is 17.3. The number of carbonyl (C=O) groups is 4. The van der Waals surface area contributed by atoms with Crippen molar-refractivity contribution in [3.8, 4) is 0 Å². The molecule has 0 bridgehead atoms. The minimum atomic E-state index is -0.893. The number of hydrogen-bond donors (Lipinski definition) is 2. The monoisotopic (exact) mass is 746 g/mol. The van der Waals surface area contributed by atoms with Gasteiger partial charge in [-0.3, -0.25) is 9.69 Å². The van der Waals surface area contributed by atoms with E-state index in [9.17, 15) is 24.3 Å². The summed E-state index contributed by atoms with van der Waals surface area (Å²) in [4.78, 5) is 63.4. The molecular formula is C39H50N6O9. The molecule has 4 aromatic rings. The number of piperidine rings is 3. The maximum absolute atomic E-state index is 13.1. The Hall–Kier alpha value is -5.18. The Bertz CT molecular complexity index is 1950. The third-order valence-electron chi connectivity index (χ3n) is 10.7. The predicted molar refractivity (Wildman–Crippen MR) is 201 cm³/mol. The maximum atomic E-state index is 13.1. The number of rotatable bonds is 9. The summed E-state index contributed by atoms with van der Waals surface area (Å²) in [5.74, 6) is -1.86. The number of carboxylic acids is 1. The van der Waals surface area contributed by atoms with Gasteiger partial charge in [0.1, 0.15) is 34.2 Å². The lowest BCUT2D eigenvalue weighted by atomic mass is 9.97. The van der Waals surface area contributed by atoms with Crippen molar-refractivity contribution in [2.24, 2.45) is 0 Å². The summed E-state index contributed by atoms with van der Waals surface area (Å²) >= 11 is 0. The van der Waals surface area contributed by atoms with Crippen molar-refractivity contribution in [3.63, 3.8) is 0 Å². The molecule has 2 aromatic carbocycles. The second-order valence-electron chi connectivity index (χ2n) is 14.2. The highest BCUT2D eigenvalue weighted by Gasteiger charge is 2.34. The maximum Gasteiger partial charge on any atom is 0.341 e. The molecular weight excluding hydrogens is 696 g/mol. The summed E-state index contributed by atoms with van der Waals surface area (Å²) in [5, 5.41) is 12.5. The number of hydrogen-bond acceptors (Lipinski definition) is 13. The molecule has 3 aliphatic rings. The van der Waals surface area contributed by atoms with Crippen LogP contribution in [-0.2, 0) is 19.1 Å². The smallest absolute Gasteiger partial charge is 0.341 e. The fraction of sp³-hybridized carbons (Fsp3) is 0.538. The van der Waals surface area contributed by atoms with Gasteiger partial charge in [0, 0.05) is 38.3 Å². The van der Waals surface area contributed by atoms with Gasteiger partial charge in [0.15, 0.2) is 11.2 Å². The molecule has 0 saturated carbocycles. The first-order chi connectivity index (χ1) is 26.1. The summed E-state index contributed by atoms with van der Waals surface area (Å²) in [7, 11) is 2.64. The number of anilines is 2. The number of fused-ring (bicyclic) bond motifs is 2. The van der Waals surface area contributed by atoms with E-state index in [-0.39, 0.29) is 23.5 Å². The number of benzene rings is 2. The fourth-order valence-corrected chi connectivity index (χ4v) is 7.85. The molecule has 15 heteroatoms. The molecule has 0 unspecified atom stereocenters. The molecule has 290 valence electrons. The number of para-hydroxylation sites is 2. The second-order valence-corrected chi connectivity index (χ2v) is 14.2. The molecule has 3 fully saturated rings. The number of amides is 1. The van der Waals surface area contributed by atoms with Crippen LogP contribution in [0.1, 0.15) is 92.4 Å². The Labute approximate surface area is 313 Å². The van der Waals surface area contributed by atoms with Gasteiger partial charge >= 0.3 is 17.9 Å². The molecule has 1 amide bonds. The van der Waals surface area contributed by atoms with E-state index >= 15 is 0 Å². The van der Waals surface area contributed by atoms with E-state index in [1.54, 1.807) is 41.3 Å². The fourth-order valence-electron chi connectivity index (χ4n) is 7.85. The zero-order valence-electron chi connectivity index (χ0n) is 31.4. The lowest BCUT2D eigenvalue weighted by Gasteiger charge is -2.39. The first-order valence-corrected chi connectivity index (χ1v) is 18.9. The van der Waals surface area contributed by atoms with Crippen molar-refractivity contribution in [3.05, 3.63) is 47.5 Å². The largest absolute Gasteiger partial charge is 0.480 e. The van der Waals surface area contributed by atoms with Crippen LogP contribution in [-0.4, -0.2) is 108 Å². The molecule has 0 radical (unpaired) electrons. The quantitative estimate of drug-likeness (QED) is 0.208. The number of likely N-dealkylation sites (tertiary alicyclic amines) is 1. The average Bonchev–Trinajstić information content (AvgIpc) is 3.84. The highest BCUT2D eigenvalue weighted by Crippen LogP contribution is 2.31. The number of carboxylic acid groups (broad SMARTS) is 1. The third-order valence-corrected chi connectivity index (χ3v) is 10.7. The van der Waals surface area contributed by atoms with E-state index in [1.807, 2.05) is 4.90 Å². The van der Waals surface area contributed by atoms with Crippen molar-refractivity contribution in [1.82, 2.24) is 20.2 Å². The molecule has 3 aliphatic heterocycles. The van der Waals surface area contributed by atoms with Gasteiger partial charge in [-0.05, 0) is 89.5 Å².